The molecule has 0 unspecified atom stereocenters. The fourth-order valence-corrected chi connectivity index (χ4v) is 3.36. The number of imidazole rings is 1. The van der Waals surface area contributed by atoms with Gasteiger partial charge in [-0.25, -0.2) is 9.78 Å². The number of fused-ring (bicyclic) bond motifs is 1. The minimum absolute atomic E-state index is 0.300. The molecule has 148 valence electrons. The van der Waals surface area contributed by atoms with Crippen molar-refractivity contribution < 1.29 is 0 Å². The van der Waals surface area contributed by atoms with E-state index in [0.29, 0.717) is 17.7 Å². The largest absolute Gasteiger partial charge is 0.332 e. The van der Waals surface area contributed by atoms with Gasteiger partial charge in [0.15, 0.2) is 11.2 Å². The second-order valence-corrected chi connectivity index (χ2v) is 6.96. The summed E-state index contributed by atoms with van der Waals surface area (Å²) in [4.78, 5) is 31.2. The van der Waals surface area contributed by atoms with E-state index in [-0.39, 0.29) is 11.2 Å². The molecule has 0 aliphatic rings. The second-order valence-electron chi connectivity index (χ2n) is 6.96. The smallest absolute Gasteiger partial charge is 0.325 e. The lowest BCUT2D eigenvalue weighted by atomic mass is 10.2. The molecule has 3 rings (SSSR count). The Labute approximate surface area is 164 Å². The van der Waals surface area contributed by atoms with Gasteiger partial charge < -0.3 is 4.57 Å². The second kappa shape index (κ2) is 8.84. The molecule has 0 atom stereocenters. The average molecular weight is 381 g/mol. The van der Waals surface area contributed by atoms with Gasteiger partial charge in [-0.15, -0.1) is 0 Å². The molecule has 0 saturated heterocycles. The van der Waals surface area contributed by atoms with Crippen molar-refractivity contribution in [1.29, 1.82) is 0 Å². The van der Waals surface area contributed by atoms with Crippen LogP contribution in [0.15, 0.2) is 58.4 Å². The van der Waals surface area contributed by atoms with Crippen LogP contribution in [0.5, 0.6) is 0 Å². The summed E-state index contributed by atoms with van der Waals surface area (Å²) < 4.78 is 4.41. The highest BCUT2D eigenvalue weighted by Crippen LogP contribution is 2.09. The number of allylic oxidation sites excluding steroid dienone is 1. The van der Waals surface area contributed by atoms with E-state index in [4.69, 9.17) is 0 Å². The summed E-state index contributed by atoms with van der Waals surface area (Å²) in [5.41, 5.74) is 1.54. The van der Waals surface area contributed by atoms with Crippen LogP contribution >= 0.6 is 0 Å². The van der Waals surface area contributed by atoms with Gasteiger partial charge in [-0.3, -0.25) is 18.8 Å². The maximum atomic E-state index is 12.5. The summed E-state index contributed by atoms with van der Waals surface area (Å²) in [5, 5.41) is 0. The topological polar surface area (TPSA) is 65.1 Å². The van der Waals surface area contributed by atoms with E-state index >= 15 is 0 Å². The normalized spacial score (nSPS) is 11.9. The Bertz CT molecular complexity index is 1080. The molecule has 0 amide bonds. The van der Waals surface area contributed by atoms with E-state index in [1.165, 1.54) is 17.2 Å². The molecular formula is C21H27N5O2. The zero-order valence-electron chi connectivity index (χ0n) is 16.7. The monoisotopic (exact) mass is 381 g/mol. The number of benzene rings is 1. The van der Waals surface area contributed by atoms with Crippen LogP contribution in [0.4, 0.5) is 0 Å². The molecule has 2 heterocycles. The molecule has 0 saturated carbocycles. The van der Waals surface area contributed by atoms with Gasteiger partial charge in [0.05, 0.1) is 6.33 Å². The van der Waals surface area contributed by atoms with Gasteiger partial charge in [0.2, 0.25) is 0 Å². The molecule has 1 aromatic carbocycles. The fraction of sp³-hybridized carbons (Fsp3) is 0.381. The third kappa shape index (κ3) is 4.14. The van der Waals surface area contributed by atoms with Crippen molar-refractivity contribution in [3.63, 3.8) is 0 Å². The number of aryl methyl sites for hydroxylation is 2. The summed E-state index contributed by atoms with van der Waals surface area (Å²) in [6.45, 7) is 5.35. The number of hydrogen-bond donors (Lipinski definition) is 0. The molecule has 0 aliphatic carbocycles. The molecule has 2 aromatic heterocycles. The van der Waals surface area contributed by atoms with E-state index in [9.17, 15) is 9.59 Å². The molecule has 28 heavy (non-hydrogen) atoms. The van der Waals surface area contributed by atoms with Crippen molar-refractivity contribution in [1.82, 2.24) is 23.6 Å². The Morgan fingerprint density at radius 1 is 1.11 bits per heavy atom. The summed E-state index contributed by atoms with van der Waals surface area (Å²) in [5.74, 6) is 0. The Morgan fingerprint density at radius 2 is 1.86 bits per heavy atom. The Balaban J connectivity index is 1.73. The predicted octanol–water partition coefficient (Wildman–Crippen LogP) is 1.90. The zero-order chi connectivity index (χ0) is 20.1. The lowest BCUT2D eigenvalue weighted by Gasteiger charge is -2.21. The number of nitrogens with zero attached hydrogens (tertiary/aromatic N) is 5. The standard InChI is InChI=1S/C21H27N5O2/c1-4-5-12-25(15-17-10-7-6-8-11-17)13-9-14-26-16-22-19-18(26)20(27)24(3)21(28)23(19)2/h4-8,10-11,16H,9,12-15H2,1-3H3/b5-4+. The van der Waals surface area contributed by atoms with Gasteiger partial charge in [0, 0.05) is 40.3 Å². The van der Waals surface area contributed by atoms with Crippen LogP contribution in [0, 0.1) is 0 Å². The first-order valence-corrected chi connectivity index (χ1v) is 9.51. The van der Waals surface area contributed by atoms with Crippen molar-refractivity contribution in [2.45, 2.75) is 26.4 Å². The van der Waals surface area contributed by atoms with Crippen LogP contribution in [-0.4, -0.2) is 36.7 Å². The molecule has 3 aromatic rings. The van der Waals surface area contributed by atoms with Gasteiger partial charge in [0.1, 0.15) is 0 Å². The summed E-state index contributed by atoms with van der Waals surface area (Å²) >= 11 is 0. The third-order valence-electron chi connectivity index (χ3n) is 4.94. The van der Waals surface area contributed by atoms with Crippen molar-refractivity contribution in [3.05, 3.63) is 75.2 Å². The van der Waals surface area contributed by atoms with Crippen LogP contribution in [-0.2, 0) is 27.2 Å². The molecule has 0 spiro atoms. The Kier molecular flexibility index (Phi) is 6.26. The number of hydrogen-bond acceptors (Lipinski definition) is 4. The molecule has 0 fully saturated rings. The summed E-state index contributed by atoms with van der Waals surface area (Å²) in [7, 11) is 3.14. The summed E-state index contributed by atoms with van der Waals surface area (Å²) in [6, 6.07) is 10.4. The van der Waals surface area contributed by atoms with Crippen LogP contribution in [0.2, 0.25) is 0 Å². The van der Waals surface area contributed by atoms with Gasteiger partial charge >= 0.3 is 5.69 Å². The minimum Gasteiger partial charge on any atom is -0.325 e. The summed E-state index contributed by atoms with van der Waals surface area (Å²) in [6.07, 6.45) is 6.74. The Morgan fingerprint density at radius 3 is 2.57 bits per heavy atom. The average Bonchev–Trinajstić information content (AvgIpc) is 3.13. The first-order chi connectivity index (χ1) is 13.5. The van der Waals surface area contributed by atoms with Crippen molar-refractivity contribution in [3.8, 4) is 0 Å². The van der Waals surface area contributed by atoms with E-state index in [1.807, 2.05) is 17.6 Å². The number of aromatic nitrogens is 4. The van der Waals surface area contributed by atoms with Crippen LogP contribution in [0.25, 0.3) is 11.2 Å². The fourth-order valence-electron chi connectivity index (χ4n) is 3.36. The number of rotatable bonds is 8. The van der Waals surface area contributed by atoms with Crippen LogP contribution in [0.3, 0.4) is 0 Å². The molecular weight excluding hydrogens is 354 g/mol. The van der Waals surface area contributed by atoms with Crippen LogP contribution < -0.4 is 11.2 Å². The quantitative estimate of drug-likeness (QED) is 0.559. The minimum atomic E-state index is -0.358. The first-order valence-electron chi connectivity index (χ1n) is 9.51. The van der Waals surface area contributed by atoms with Crippen LogP contribution in [0.1, 0.15) is 18.9 Å². The highest BCUT2D eigenvalue weighted by Gasteiger charge is 2.14. The van der Waals surface area contributed by atoms with Crippen molar-refractivity contribution >= 4 is 11.2 Å². The van der Waals surface area contributed by atoms with E-state index in [1.54, 1.807) is 13.4 Å². The van der Waals surface area contributed by atoms with Gasteiger partial charge in [-0.05, 0) is 18.9 Å². The highest BCUT2D eigenvalue weighted by atomic mass is 16.2. The Hall–Kier alpha value is -2.93. The molecule has 0 aliphatic heterocycles. The molecule has 0 radical (unpaired) electrons. The molecule has 7 heteroatoms. The third-order valence-corrected chi connectivity index (χ3v) is 4.94. The SMILES string of the molecule is C/C=C/CN(CCCn1cnc2c1c(=O)n(C)c(=O)n2C)Cc1ccccc1. The zero-order valence-corrected chi connectivity index (χ0v) is 16.7. The van der Waals surface area contributed by atoms with E-state index in [2.05, 4.69) is 46.3 Å². The van der Waals surface area contributed by atoms with Crippen molar-refractivity contribution in [2.75, 3.05) is 13.1 Å². The van der Waals surface area contributed by atoms with Gasteiger partial charge in [0.25, 0.3) is 5.56 Å². The van der Waals surface area contributed by atoms with E-state index in [0.717, 1.165) is 30.6 Å². The van der Waals surface area contributed by atoms with Gasteiger partial charge in [-0.2, -0.15) is 0 Å². The maximum absolute atomic E-state index is 12.5. The van der Waals surface area contributed by atoms with E-state index < -0.39 is 0 Å². The van der Waals surface area contributed by atoms with Gasteiger partial charge in [-0.1, -0.05) is 42.5 Å². The first kappa shape index (κ1) is 19.8. The molecule has 0 bridgehead atoms. The maximum Gasteiger partial charge on any atom is 0.332 e. The highest BCUT2D eigenvalue weighted by molar-refractivity contribution is 5.69. The van der Waals surface area contributed by atoms with Crippen molar-refractivity contribution in [2.24, 2.45) is 14.1 Å². The lowest BCUT2D eigenvalue weighted by Crippen LogP contribution is -2.37. The lowest BCUT2D eigenvalue weighted by molar-refractivity contribution is 0.284. The predicted molar refractivity (Wildman–Crippen MR) is 111 cm³/mol. The molecule has 7 nitrogen and oxygen atoms in total. The molecule has 0 N–H and O–H groups in total.